The van der Waals surface area contributed by atoms with Gasteiger partial charge in [0.15, 0.2) is 0 Å². The Morgan fingerprint density at radius 3 is 2.75 bits per heavy atom. The van der Waals surface area contributed by atoms with Crippen molar-refractivity contribution in [3.63, 3.8) is 0 Å². The van der Waals surface area contributed by atoms with Crippen LogP contribution in [0.1, 0.15) is 6.92 Å². The SMILES string of the molecule is COCC(C)Nc1cnn(-c2ccccc2)c(=O)c1Cl. The first-order valence-electron chi connectivity index (χ1n) is 6.22. The summed E-state index contributed by atoms with van der Waals surface area (Å²) in [6.07, 6.45) is 1.54. The van der Waals surface area contributed by atoms with Crippen molar-refractivity contribution >= 4 is 17.3 Å². The lowest BCUT2D eigenvalue weighted by atomic mass is 10.3. The summed E-state index contributed by atoms with van der Waals surface area (Å²) in [6, 6.07) is 9.18. The Morgan fingerprint density at radius 1 is 1.40 bits per heavy atom. The number of rotatable bonds is 5. The molecule has 0 aliphatic rings. The standard InChI is InChI=1S/C14H16ClN3O2/c1-10(9-20-2)17-12-8-16-18(14(19)13(12)15)11-6-4-3-5-7-11/h3-8,10,17H,9H2,1-2H3. The average Bonchev–Trinajstić information content (AvgIpc) is 2.45. The maximum absolute atomic E-state index is 12.2. The van der Waals surface area contributed by atoms with Crippen molar-refractivity contribution in [3.8, 4) is 5.69 Å². The molecule has 1 unspecified atom stereocenters. The van der Waals surface area contributed by atoms with E-state index in [9.17, 15) is 4.79 Å². The molecule has 106 valence electrons. The van der Waals surface area contributed by atoms with E-state index >= 15 is 0 Å². The molecule has 2 aromatic rings. The zero-order valence-electron chi connectivity index (χ0n) is 11.3. The van der Waals surface area contributed by atoms with Gasteiger partial charge in [0, 0.05) is 13.2 Å². The third-order valence-electron chi connectivity index (χ3n) is 2.74. The molecule has 0 aliphatic carbocycles. The predicted octanol–water partition coefficient (Wildman–Crippen LogP) is 2.33. The van der Waals surface area contributed by atoms with Crippen molar-refractivity contribution in [1.29, 1.82) is 0 Å². The lowest BCUT2D eigenvalue weighted by molar-refractivity contribution is 0.190. The van der Waals surface area contributed by atoms with Crippen molar-refractivity contribution in [2.75, 3.05) is 19.0 Å². The van der Waals surface area contributed by atoms with Gasteiger partial charge in [-0.05, 0) is 19.1 Å². The number of nitrogens with zero attached hydrogens (tertiary/aromatic N) is 2. The van der Waals surface area contributed by atoms with Gasteiger partial charge in [0.1, 0.15) is 5.02 Å². The van der Waals surface area contributed by atoms with Gasteiger partial charge in [-0.1, -0.05) is 29.8 Å². The lowest BCUT2D eigenvalue weighted by Gasteiger charge is -2.15. The normalized spacial score (nSPS) is 12.2. The van der Waals surface area contributed by atoms with E-state index < -0.39 is 0 Å². The lowest BCUT2D eigenvalue weighted by Crippen LogP contribution is -2.26. The van der Waals surface area contributed by atoms with Crippen molar-refractivity contribution in [2.45, 2.75) is 13.0 Å². The summed E-state index contributed by atoms with van der Waals surface area (Å²) in [7, 11) is 1.62. The maximum Gasteiger partial charge on any atom is 0.292 e. The van der Waals surface area contributed by atoms with E-state index in [0.717, 1.165) is 0 Å². The summed E-state index contributed by atoms with van der Waals surface area (Å²) in [4.78, 5) is 12.2. The van der Waals surface area contributed by atoms with Crippen LogP contribution in [0.4, 0.5) is 5.69 Å². The number of nitrogens with one attached hydrogen (secondary N) is 1. The van der Waals surface area contributed by atoms with E-state index in [4.69, 9.17) is 16.3 Å². The first-order chi connectivity index (χ1) is 9.63. The highest BCUT2D eigenvalue weighted by molar-refractivity contribution is 6.32. The van der Waals surface area contributed by atoms with Gasteiger partial charge in [0.2, 0.25) is 0 Å². The van der Waals surface area contributed by atoms with Crippen LogP contribution in [0, 0.1) is 0 Å². The average molecular weight is 294 g/mol. The van der Waals surface area contributed by atoms with Gasteiger partial charge in [-0.3, -0.25) is 4.79 Å². The van der Waals surface area contributed by atoms with Gasteiger partial charge >= 0.3 is 0 Å². The largest absolute Gasteiger partial charge is 0.383 e. The minimum atomic E-state index is -0.354. The molecule has 0 fully saturated rings. The van der Waals surface area contributed by atoms with Gasteiger partial charge in [-0.2, -0.15) is 9.78 Å². The molecule has 0 spiro atoms. The van der Waals surface area contributed by atoms with E-state index in [0.29, 0.717) is 18.0 Å². The number of hydrogen-bond acceptors (Lipinski definition) is 4. The Balaban J connectivity index is 2.33. The number of halogens is 1. The highest BCUT2D eigenvalue weighted by Gasteiger charge is 2.12. The molecule has 5 nitrogen and oxygen atoms in total. The van der Waals surface area contributed by atoms with Gasteiger partial charge in [-0.25, -0.2) is 0 Å². The topological polar surface area (TPSA) is 56.1 Å². The van der Waals surface area contributed by atoms with E-state index in [1.165, 1.54) is 4.68 Å². The molecule has 0 aliphatic heterocycles. The molecule has 0 amide bonds. The second-order valence-corrected chi connectivity index (χ2v) is 4.80. The molecule has 0 radical (unpaired) electrons. The molecule has 0 saturated carbocycles. The van der Waals surface area contributed by atoms with Crippen LogP contribution in [0.15, 0.2) is 41.3 Å². The number of ether oxygens (including phenoxy) is 1. The third kappa shape index (κ3) is 3.18. The number of anilines is 1. The van der Waals surface area contributed by atoms with Crippen LogP contribution in [-0.2, 0) is 4.74 Å². The fraction of sp³-hybridized carbons (Fsp3) is 0.286. The van der Waals surface area contributed by atoms with E-state index in [1.54, 1.807) is 25.4 Å². The van der Waals surface area contributed by atoms with E-state index in [2.05, 4.69) is 10.4 Å². The summed E-state index contributed by atoms with van der Waals surface area (Å²) in [5.74, 6) is 0. The summed E-state index contributed by atoms with van der Waals surface area (Å²) < 4.78 is 6.30. The molecule has 20 heavy (non-hydrogen) atoms. The number of para-hydroxylation sites is 1. The van der Waals surface area contributed by atoms with E-state index in [-0.39, 0.29) is 16.6 Å². The van der Waals surface area contributed by atoms with Crippen molar-refractivity contribution < 1.29 is 4.74 Å². The molecule has 0 saturated heterocycles. The van der Waals surface area contributed by atoms with Crippen LogP contribution in [0.2, 0.25) is 5.02 Å². The zero-order chi connectivity index (χ0) is 14.5. The van der Waals surface area contributed by atoms with Crippen molar-refractivity contribution in [3.05, 3.63) is 51.9 Å². The minimum absolute atomic E-state index is 0.0336. The molecule has 6 heteroatoms. The quantitative estimate of drug-likeness (QED) is 0.919. The van der Waals surface area contributed by atoms with Crippen LogP contribution < -0.4 is 10.9 Å². The zero-order valence-corrected chi connectivity index (χ0v) is 12.1. The minimum Gasteiger partial charge on any atom is -0.383 e. The maximum atomic E-state index is 12.2. The number of methoxy groups -OCH3 is 1. The summed E-state index contributed by atoms with van der Waals surface area (Å²) >= 11 is 6.12. The van der Waals surface area contributed by atoms with E-state index in [1.807, 2.05) is 25.1 Å². The Labute approximate surface area is 122 Å². The molecule has 1 N–H and O–H groups in total. The molecule has 2 rings (SSSR count). The summed E-state index contributed by atoms with van der Waals surface area (Å²) in [5.41, 5.74) is 0.830. The molecule has 1 aromatic heterocycles. The highest BCUT2D eigenvalue weighted by Crippen LogP contribution is 2.17. The molecule has 1 aromatic carbocycles. The third-order valence-corrected chi connectivity index (χ3v) is 3.10. The van der Waals surface area contributed by atoms with Gasteiger partial charge in [-0.15, -0.1) is 0 Å². The molecular formula is C14H16ClN3O2. The van der Waals surface area contributed by atoms with Crippen LogP contribution in [0.3, 0.4) is 0 Å². The number of aromatic nitrogens is 2. The fourth-order valence-corrected chi connectivity index (χ4v) is 2.03. The monoisotopic (exact) mass is 293 g/mol. The Bertz CT molecular complexity index is 628. The van der Waals surface area contributed by atoms with Gasteiger partial charge in [0.25, 0.3) is 5.56 Å². The van der Waals surface area contributed by atoms with Crippen LogP contribution in [0.25, 0.3) is 5.69 Å². The predicted molar refractivity (Wildman–Crippen MR) is 79.8 cm³/mol. The fourth-order valence-electron chi connectivity index (χ4n) is 1.84. The molecule has 0 bridgehead atoms. The summed E-state index contributed by atoms with van der Waals surface area (Å²) in [5, 5.41) is 7.35. The van der Waals surface area contributed by atoms with Crippen molar-refractivity contribution in [2.24, 2.45) is 0 Å². The van der Waals surface area contributed by atoms with Crippen LogP contribution in [0.5, 0.6) is 0 Å². The number of benzene rings is 1. The van der Waals surface area contributed by atoms with Crippen LogP contribution >= 0.6 is 11.6 Å². The van der Waals surface area contributed by atoms with Gasteiger partial charge in [0.05, 0.1) is 24.2 Å². The first-order valence-corrected chi connectivity index (χ1v) is 6.60. The van der Waals surface area contributed by atoms with Crippen molar-refractivity contribution in [1.82, 2.24) is 9.78 Å². The van der Waals surface area contributed by atoms with Crippen LogP contribution in [-0.4, -0.2) is 29.5 Å². The molecule has 1 atom stereocenters. The highest BCUT2D eigenvalue weighted by atomic mass is 35.5. The summed E-state index contributed by atoms with van der Waals surface area (Å²) in [6.45, 7) is 2.45. The Morgan fingerprint density at radius 2 is 2.10 bits per heavy atom. The molecule has 1 heterocycles. The second-order valence-electron chi connectivity index (χ2n) is 4.43. The smallest absolute Gasteiger partial charge is 0.292 e. The Kier molecular flexibility index (Phi) is 4.76. The Hall–Kier alpha value is -1.85. The number of hydrogen-bond donors (Lipinski definition) is 1. The molecular weight excluding hydrogens is 278 g/mol. The second kappa shape index (κ2) is 6.54. The van der Waals surface area contributed by atoms with Gasteiger partial charge < -0.3 is 10.1 Å². The first kappa shape index (κ1) is 14.6.